The van der Waals surface area contributed by atoms with Crippen molar-refractivity contribution < 1.29 is 8.42 Å². The maximum Gasteiger partial charge on any atom is 0.244 e. The lowest BCUT2D eigenvalue weighted by molar-refractivity contribution is 0.300. The fourth-order valence-corrected chi connectivity index (χ4v) is 8.24. The fourth-order valence-electron chi connectivity index (χ4n) is 6.58. The zero-order valence-electron chi connectivity index (χ0n) is 22.3. The van der Waals surface area contributed by atoms with Crippen LogP contribution in [0.2, 0.25) is 0 Å². The highest BCUT2D eigenvalue weighted by Gasteiger charge is 2.59. The molecule has 0 radical (unpaired) electrons. The average molecular weight is 523 g/mol. The minimum absolute atomic E-state index is 0.313. The molecule has 2 aliphatic rings. The second-order valence-electron chi connectivity index (χ2n) is 11.0. The van der Waals surface area contributed by atoms with Crippen LogP contribution in [0.1, 0.15) is 39.8 Å². The maximum atomic E-state index is 14.2. The summed E-state index contributed by atoms with van der Waals surface area (Å²) < 4.78 is 30.3. The van der Waals surface area contributed by atoms with Gasteiger partial charge in [0.1, 0.15) is 6.17 Å². The number of nitrogens with zero attached hydrogens (tertiary/aromatic N) is 2. The van der Waals surface area contributed by atoms with Crippen LogP contribution in [-0.2, 0) is 28.4 Å². The van der Waals surface area contributed by atoms with E-state index in [2.05, 4.69) is 91.5 Å². The average Bonchev–Trinajstić information content (AvgIpc) is 3.38. The Morgan fingerprint density at radius 2 is 1.42 bits per heavy atom. The number of fused-ring (bicyclic) bond motifs is 3. The molecule has 5 heteroatoms. The van der Waals surface area contributed by atoms with Gasteiger partial charge in [-0.1, -0.05) is 95.6 Å². The standard InChI is InChI=1S/C33H34N2O2S/c1-24-14-16-29(17-15-24)38(36,37)35-19-18-33(22-27-10-6-8-25(2)20-27)30-12-4-5-13-31(30)34(32(33)35)23-28-11-7-9-26(3)21-28/h4-17,20-21,32H,18-19,22-23H2,1-3H3. The molecular weight excluding hydrogens is 488 g/mol. The van der Waals surface area contributed by atoms with Crippen molar-refractivity contribution in [1.29, 1.82) is 0 Å². The molecule has 4 aromatic rings. The Hall–Kier alpha value is -3.41. The molecule has 2 atom stereocenters. The minimum Gasteiger partial charge on any atom is -0.349 e. The molecule has 2 heterocycles. The van der Waals surface area contributed by atoms with Crippen LogP contribution in [0.4, 0.5) is 5.69 Å². The van der Waals surface area contributed by atoms with Crippen molar-refractivity contribution in [2.45, 2.75) is 56.6 Å². The molecule has 0 bridgehead atoms. The van der Waals surface area contributed by atoms with Gasteiger partial charge in [-0.15, -0.1) is 0 Å². The van der Waals surface area contributed by atoms with Gasteiger partial charge in [0, 0.05) is 24.2 Å². The molecule has 0 N–H and O–H groups in total. The van der Waals surface area contributed by atoms with Gasteiger partial charge >= 0.3 is 0 Å². The van der Waals surface area contributed by atoms with Crippen molar-refractivity contribution in [2.24, 2.45) is 0 Å². The van der Waals surface area contributed by atoms with Crippen LogP contribution < -0.4 is 4.90 Å². The van der Waals surface area contributed by atoms with Crippen LogP contribution in [0.5, 0.6) is 0 Å². The molecule has 1 fully saturated rings. The van der Waals surface area contributed by atoms with Crippen LogP contribution in [0.25, 0.3) is 0 Å². The molecule has 2 unspecified atom stereocenters. The van der Waals surface area contributed by atoms with E-state index in [4.69, 9.17) is 0 Å². The number of sulfonamides is 1. The Kier molecular flexibility index (Phi) is 6.16. The Balaban J connectivity index is 1.51. The normalized spacial score (nSPS) is 20.9. The Bertz CT molecular complexity index is 1600. The first-order valence-electron chi connectivity index (χ1n) is 13.3. The lowest BCUT2D eigenvalue weighted by Crippen LogP contribution is -2.52. The summed E-state index contributed by atoms with van der Waals surface area (Å²) in [5.74, 6) is 0. The highest BCUT2D eigenvalue weighted by molar-refractivity contribution is 7.89. The van der Waals surface area contributed by atoms with Crippen molar-refractivity contribution in [1.82, 2.24) is 4.31 Å². The van der Waals surface area contributed by atoms with Crippen LogP contribution >= 0.6 is 0 Å². The van der Waals surface area contributed by atoms with Gasteiger partial charge in [-0.05, 0) is 68.5 Å². The van der Waals surface area contributed by atoms with Gasteiger partial charge in [-0.25, -0.2) is 8.42 Å². The van der Waals surface area contributed by atoms with E-state index in [9.17, 15) is 8.42 Å². The SMILES string of the molecule is Cc1ccc(S(=O)(=O)N2CCC3(Cc4cccc(C)c4)c4ccccc4N(Cc4cccc(C)c4)C23)cc1. The number of anilines is 1. The summed E-state index contributed by atoms with van der Waals surface area (Å²) in [5.41, 5.74) is 7.95. The summed E-state index contributed by atoms with van der Waals surface area (Å²) >= 11 is 0. The lowest BCUT2D eigenvalue weighted by atomic mass is 9.74. The third kappa shape index (κ3) is 4.14. The Morgan fingerprint density at radius 3 is 2.13 bits per heavy atom. The van der Waals surface area contributed by atoms with Crippen molar-refractivity contribution in [2.75, 3.05) is 11.4 Å². The molecule has 0 aliphatic carbocycles. The predicted octanol–water partition coefficient (Wildman–Crippen LogP) is 6.53. The lowest BCUT2D eigenvalue weighted by Gasteiger charge is -2.38. The van der Waals surface area contributed by atoms with E-state index in [1.54, 1.807) is 16.4 Å². The van der Waals surface area contributed by atoms with Crippen LogP contribution in [0, 0.1) is 20.8 Å². The largest absolute Gasteiger partial charge is 0.349 e. The molecule has 6 rings (SSSR count). The van der Waals surface area contributed by atoms with Crippen molar-refractivity contribution >= 4 is 15.7 Å². The predicted molar refractivity (Wildman–Crippen MR) is 154 cm³/mol. The summed E-state index contributed by atoms with van der Waals surface area (Å²) in [5, 5.41) is 0. The van der Waals surface area contributed by atoms with Crippen molar-refractivity contribution in [3.63, 3.8) is 0 Å². The summed E-state index contributed by atoms with van der Waals surface area (Å²) in [4.78, 5) is 2.71. The molecule has 4 nitrogen and oxygen atoms in total. The number of benzene rings is 4. The highest BCUT2D eigenvalue weighted by Crippen LogP contribution is 2.55. The molecule has 0 amide bonds. The molecule has 2 aliphatic heterocycles. The van der Waals surface area contributed by atoms with Gasteiger partial charge in [0.2, 0.25) is 10.0 Å². The van der Waals surface area contributed by atoms with Crippen LogP contribution in [-0.4, -0.2) is 25.4 Å². The van der Waals surface area contributed by atoms with Gasteiger partial charge in [0.05, 0.1) is 4.90 Å². The third-order valence-electron chi connectivity index (χ3n) is 8.26. The van der Waals surface area contributed by atoms with Gasteiger partial charge in [-0.2, -0.15) is 4.31 Å². The Morgan fingerprint density at radius 1 is 0.763 bits per heavy atom. The number of hydrogen-bond acceptors (Lipinski definition) is 3. The van der Waals surface area contributed by atoms with E-state index in [-0.39, 0.29) is 11.6 Å². The van der Waals surface area contributed by atoms with E-state index in [0.717, 1.165) is 24.1 Å². The van der Waals surface area contributed by atoms with E-state index >= 15 is 0 Å². The molecule has 0 aromatic heterocycles. The number of rotatable bonds is 6. The second kappa shape index (κ2) is 9.40. The van der Waals surface area contributed by atoms with Gasteiger partial charge < -0.3 is 4.90 Å². The number of para-hydroxylation sites is 1. The molecular formula is C33H34N2O2S. The van der Waals surface area contributed by atoms with Crippen molar-refractivity contribution in [3.05, 3.63) is 130 Å². The number of hydrogen-bond donors (Lipinski definition) is 0. The summed E-state index contributed by atoms with van der Waals surface area (Å²) in [6, 6.07) is 33.0. The van der Waals surface area contributed by atoms with E-state index in [1.807, 2.05) is 19.1 Å². The molecule has 194 valence electrons. The fraction of sp³-hybridized carbons (Fsp3) is 0.273. The van der Waals surface area contributed by atoms with Gasteiger partial charge in [0.15, 0.2) is 0 Å². The van der Waals surface area contributed by atoms with E-state index < -0.39 is 10.0 Å². The molecule has 38 heavy (non-hydrogen) atoms. The topological polar surface area (TPSA) is 40.6 Å². The molecule has 0 saturated carbocycles. The van der Waals surface area contributed by atoms with E-state index in [0.29, 0.717) is 18.0 Å². The minimum atomic E-state index is -3.71. The first-order valence-corrected chi connectivity index (χ1v) is 14.8. The van der Waals surface area contributed by atoms with Crippen LogP contribution in [0.15, 0.2) is 102 Å². The van der Waals surface area contributed by atoms with Crippen LogP contribution in [0.3, 0.4) is 0 Å². The summed E-state index contributed by atoms with van der Waals surface area (Å²) in [7, 11) is -3.71. The Labute approximate surface area is 226 Å². The molecule has 4 aromatic carbocycles. The van der Waals surface area contributed by atoms with Gasteiger partial charge in [-0.3, -0.25) is 0 Å². The third-order valence-corrected chi connectivity index (χ3v) is 10.1. The van der Waals surface area contributed by atoms with Gasteiger partial charge in [0.25, 0.3) is 0 Å². The highest BCUT2D eigenvalue weighted by atomic mass is 32.2. The zero-order chi connectivity index (χ0) is 26.5. The number of aryl methyl sites for hydroxylation is 3. The zero-order valence-corrected chi connectivity index (χ0v) is 23.1. The first kappa shape index (κ1) is 24.9. The summed E-state index contributed by atoms with van der Waals surface area (Å²) in [6.45, 7) is 7.35. The second-order valence-corrected chi connectivity index (χ2v) is 12.9. The first-order chi connectivity index (χ1) is 18.3. The van der Waals surface area contributed by atoms with Crippen molar-refractivity contribution in [3.8, 4) is 0 Å². The maximum absolute atomic E-state index is 14.2. The molecule has 0 spiro atoms. The molecule has 1 saturated heterocycles. The monoisotopic (exact) mass is 522 g/mol. The summed E-state index contributed by atoms with van der Waals surface area (Å²) in [6.07, 6.45) is 1.26. The quantitative estimate of drug-likeness (QED) is 0.289. The smallest absolute Gasteiger partial charge is 0.244 e. The van der Waals surface area contributed by atoms with E-state index in [1.165, 1.54) is 27.8 Å².